The number of hydrogen-bond acceptors (Lipinski definition) is 2. The van der Waals surface area contributed by atoms with Crippen LogP contribution in [-0.4, -0.2) is 6.54 Å². The lowest BCUT2D eigenvalue weighted by Gasteiger charge is -2.24. The number of nitrogens with one attached hydrogen (secondary N) is 1. The number of rotatable bonds is 5. The van der Waals surface area contributed by atoms with Crippen LogP contribution in [0.15, 0.2) is 12.1 Å². The van der Waals surface area contributed by atoms with Crippen LogP contribution in [-0.2, 0) is 0 Å². The predicted octanol–water partition coefficient (Wildman–Crippen LogP) is 4.02. The molecule has 0 unspecified atom stereocenters. The van der Waals surface area contributed by atoms with Crippen molar-refractivity contribution in [3.63, 3.8) is 0 Å². The van der Waals surface area contributed by atoms with Crippen molar-refractivity contribution < 1.29 is 8.78 Å². The van der Waals surface area contributed by atoms with E-state index < -0.39 is 11.6 Å². The molecule has 0 atom stereocenters. The van der Waals surface area contributed by atoms with Gasteiger partial charge < -0.3 is 5.32 Å². The van der Waals surface area contributed by atoms with Crippen molar-refractivity contribution in [2.45, 2.75) is 33.6 Å². The molecule has 0 amide bonds. The molecule has 0 spiro atoms. The van der Waals surface area contributed by atoms with Crippen molar-refractivity contribution >= 4 is 5.69 Å². The van der Waals surface area contributed by atoms with E-state index in [9.17, 15) is 8.78 Å². The fourth-order valence-corrected chi connectivity index (χ4v) is 1.60. The highest BCUT2D eigenvalue weighted by molar-refractivity contribution is 5.47. The first kappa shape index (κ1) is 14.4. The summed E-state index contributed by atoms with van der Waals surface area (Å²) in [6, 6.07) is 4.44. The molecule has 18 heavy (non-hydrogen) atoms. The third-order valence-corrected chi connectivity index (χ3v) is 2.92. The lowest BCUT2D eigenvalue weighted by Crippen LogP contribution is -2.23. The molecular formula is C14H18F2N2. The number of benzene rings is 1. The summed E-state index contributed by atoms with van der Waals surface area (Å²) in [5, 5.41) is 11.5. The number of halogens is 2. The number of nitriles is 1. The van der Waals surface area contributed by atoms with E-state index in [-0.39, 0.29) is 11.1 Å². The third kappa shape index (κ3) is 3.99. The van der Waals surface area contributed by atoms with E-state index in [1.165, 1.54) is 19.1 Å². The van der Waals surface area contributed by atoms with Gasteiger partial charge in [-0.1, -0.05) is 13.8 Å². The molecule has 98 valence electrons. The smallest absolute Gasteiger partial charge is 0.146 e. The summed E-state index contributed by atoms with van der Waals surface area (Å²) in [5.74, 6) is -0.876. The fourth-order valence-electron chi connectivity index (χ4n) is 1.60. The van der Waals surface area contributed by atoms with E-state index in [2.05, 4.69) is 11.4 Å². The number of anilines is 1. The van der Waals surface area contributed by atoms with Crippen LogP contribution >= 0.6 is 0 Å². The van der Waals surface area contributed by atoms with Crippen molar-refractivity contribution in [1.82, 2.24) is 0 Å². The van der Waals surface area contributed by atoms with E-state index in [1.807, 2.05) is 13.8 Å². The lowest BCUT2D eigenvalue weighted by atomic mass is 9.88. The van der Waals surface area contributed by atoms with Gasteiger partial charge in [0.2, 0.25) is 0 Å². The zero-order valence-corrected chi connectivity index (χ0v) is 11.0. The normalized spacial score (nSPS) is 11.1. The monoisotopic (exact) mass is 252 g/mol. The second-order valence-corrected chi connectivity index (χ2v) is 5.26. The van der Waals surface area contributed by atoms with Gasteiger partial charge in [0.1, 0.15) is 11.6 Å². The van der Waals surface area contributed by atoms with Crippen LogP contribution in [0.5, 0.6) is 0 Å². The Morgan fingerprint density at radius 3 is 2.56 bits per heavy atom. The third-order valence-electron chi connectivity index (χ3n) is 2.92. The van der Waals surface area contributed by atoms with Crippen molar-refractivity contribution in [3.8, 4) is 6.07 Å². The van der Waals surface area contributed by atoms with Crippen LogP contribution in [0.25, 0.3) is 0 Å². The molecule has 0 aromatic heterocycles. The van der Waals surface area contributed by atoms with Crippen LogP contribution in [0, 0.1) is 35.3 Å². The molecule has 0 saturated carbocycles. The summed E-state index contributed by atoms with van der Waals surface area (Å²) in [4.78, 5) is 0. The molecule has 0 bridgehead atoms. The average molecular weight is 252 g/mol. The summed E-state index contributed by atoms with van der Waals surface area (Å²) >= 11 is 0. The topological polar surface area (TPSA) is 35.8 Å². The Hall–Kier alpha value is -1.63. The summed E-state index contributed by atoms with van der Waals surface area (Å²) in [5.41, 5.74) is 0.328. The molecule has 0 heterocycles. The summed E-state index contributed by atoms with van der Waals surface area (Å²) < 4.78 is 26.9. The maximum atomic E-state index is 13.6. The maximum absolute atomic E-state index is 13.6. The maximum Gasteiger partial charge on any atom is 0.146 e. The fraction of sp³-hybridized carbons (Fsp3) is 0.500. The Kier molecular flexibility index (Phi) is 4.66. The highest BCUT2D eigenvalue weighted by Gasteiger charge is 2.18. The van der Waals surface area contributed by atoms with Gasteiger partial charge in [-0.2, -0.15) is 5.26 Å². The Morgan fingerprint density at radius 2 is 1.94 bits per heavy atom. The molecule has 2 nitrogen and oxygen atoms in total. The van der Waals surface area contributed by atoms with E-state index in [1.54, 1.807) is 0 Å². The Bertz CT molecular complexity index is 462. The Labute approximate surface area is 107 Å². The van der Waals surface area contributed by atoms with E-state index in [0.29, 0.717) is 24.9 Å². The zero-order chi connectivity index (χ0) is 13.8. The molecule has 1 aromatic rings. The first-order valence-corrected chi connectivity index (χ1v) is 5.92. The van der Waals surface area contributed by atoms with Crippen LogP contribution in [0.1, 0.15) is 32.3 Å². The minimum absolute atomic E-state index is 0.135. The molecule has 0 saturated heterocycles. The number of nitrogens with zero attached hydrogens (tertiary/aromatic N) is 1. The molecule has 1 rings (SSSR count). The minimum Gasteiger partial charge on any atom is -0.382 e. The SMILES string of the molecule is Cc1cc(F)c(NCC(C)(C)CCC#N)cc1F. The molecule has 1 aromatic carbocycles. The molecule has 0 aliphatic heterocycles. The van der Waals surface area contributed by atoms with E-state index in [0.717, 1.165) is 0 Å². The van der Waals surface area contributed by atoms with Crippen LogP contribution in [0.4, 0.5) is 14.5 Å². The van der Waals surface area contributed by atoms with Crippen LogP contribution in [0.2, 0.25) is 0 Å². The molecular weight excluding hydrogens is 234 g/mol. The van der Waals surface area contributed by atoms with Crippen molar-refractivity contribution in [1.29, 1.82) is 5.26 Å². The van der Waals surface area contributed by atoms with Crippen molar-refractivity contribution in [2.75, 3.05) is 11.9 Å². The molecule has 0 aliphatic carbocycles. The second kappa shape index (κ2) is 5.81. The average Bonchev–Trinajstić information content (AvgIpc) is 2.30. The second-order valence-electron chi connectivity index (χ2n) is 5.26. The van der Waals surface area contributed by atoms with Gasteiger partial charge in [0.25, 0.3) is 0 Å². The summed E-state index contributed by atoms with van der Waals surface area (Å²) in [6.45, 7) is 5.99. The largest absolute Gasteiger partial charge is 0.382 e. The number of hydrogen-bond donors (Lipinski definition) is 1. The van der Waals surface area contributed by atoms with Crippen molar-refractivity contribution in [2.24, 2.45) is 5.41 Å². The Morgan fingerprint density at radius 1 is 1.28 bits per heavy atom. The van der Waals surface area contributed by atoms with Crippen LogP contribution in [0.3, 0.4) is 0 Å². The van der Waals surface area contributed by atoms with Crippen LogP contribution < -0.4 is 5.32 Å². The molecule has 0 fully saturated rings. The van der Waals surface area contributed by atoms with Gasteiger partial charge >= 0.3 is 0 Å². The molecule has 0 aliphatic rings. The van der Waals surface area contributed by atoms with Crippen molar-refractivity contribution in [3.05, 3.63) is 29.3 Å². The molecule has 4 heteroatoms. The van der Waals surface area contributed by atoms with Gasteiger partial charge in [-0.3, -0.25) is 0 Å². The highest BCUT2D eigenvalue weighted by Crippen LogP contribution is 2.25. The minimum atomic E-state index is -0.454. The summed E-state index contributed by atoms with van der Waals surface area (Å²) in [6.07, 6.45) is 1.17. The molecule has 1 N–H and O–H groups in total. The van der Waals surface area contributed by atoms with Gasteiger partial charge in [0.05, 0.1) is 11.8 Å². The van der Waals surface area contributed by atoms with Gasteiger partial charge in [-0.05, 0) is 30.4 Å². The number of aryl methyl sites for hydroxylation is 1. The molecule has 0 radical (unpaired) electrons. The van der Waals surface area contributed by atoms with Gasteiger partial charge in [0.15, 0.2) is 0 Å². The summed E-state index contributed by atoms with van der Waals surface area (Å²) in [7, 11) is 0. The quantitative estimate of drug-likeness (QED) is 0.859. The van der Waals surface area contributed by atoms with Gasteiger partial charge in [-0.25, -0.2) is 8.78 Å². The van der Waals surface area contributed by atoms with Gasteiger partial charge in [-0.15, -0.1) is 0 Å². The van der Waals surface area contributed by atoms with E-state index >= 15 is 0 Å². The first-order chi connectivity index (χ1) is 8.35. The lowest BCUT2D eigenvalue weighted by molar-refractivity contribution is 0.363. The highest BCUT2D eigenvalue weighted by atomic mass is 19.1. The van der Waals surface area contributed by atoms with E-state index in [4.69, 9.17) is 5.26 Å². The Balaban J connectivity index is 2.69. The van der Waals surface area contributed by atoms with Gasteiger partial charge in [0, 0.05) is 19.0 Å². The first-order valence-electron chi connectivity index (χ1n) is 5.92. The zero-order valence-electron chi connectivity index (χ0n) is 11.0. The standard InChI is InChI=1S/C14H18F2N2/c1-10-7-12(16)13(8-11(10)15)18-9-14(2,3)5-4-6-17/h7-8,18H,4-5,9H2,1-3H3. The predicted molar refractivity (Wildman–Crippen MR) is 68.2 cm³/mol.